The molecule has 112 valence electrons. The van der Waals surface area contributed by atoms with Gasteiger partial charge in [0.25, 0.3) is 0 Å². The predicted octanol–water partition coefficient (Wildman–Crippen LogP) is 3.03. The van der Waals surface area contributed by atoms with E-state index in [0.29, 0.717) is 5.92 Å². The Hall–Kier alpha value is -0.660. The summed E-state index contributed by atoms with van der Waals surface area (Å²) >= 11 is 2.98. The zero-order valence-corrected chi connectivity index (χ0v) is 13.6. The summed E-state index contributed by atoms with van der Waals surface area (Å²) in [7, 11) is -3.73. The van der Waals surface area contributed by atoms with Crippen molar-refractivity contribution in [1.82, 2.24) is 4.72 Å². The molecule has 0 aliphatic heterocycles. The van der Waals surface area contributed by atoms with Gasteiger partial charge in [0.1, 0.15) is 10.7 Å². The fourth-order valence-corrected chi connectivity index (χ4v) is 4.08. The first-order valence-corrected chi connectivity index (χ1v) is 8.88. The number of rotatable bonds is 6. The minimum absolute atomic E-state index is 0.0833. The van der Waals surface area contributed by atoms with E-state index in [1.165, 1.54) is 18.9 Å². The summed E-state index contributed by atoms with van der Waals surface area (Å²) in [5.41, 5.74) is 5.54. The van der Waals surface area contributed by atoms with Gasteiger partial charge in [0, 0.05) is 6.04 Å². The number of nitrogens with two attached hydrogens (primary N) is 1. The standard InChI is InChI=1S/C13H18BrFN2O2S/c1-2-9(5-8-3-4-8)17-20(18,19)13-6-10(14)11(15)7-12(13)16/h6-9,17H,2-5,16H2,1H3. The number of anilines is 1. The third kappa shape index (κ3) is 3.71. The molecule has 20 heavy (non-hydrogen) atoms. The first-order valence-electron chi connectivity index (χ1n) is 6.60. The van der Waals surface area contributed by atoms with E-state index in [1.807, 2.05) is 6.92 Å². The van der Waals surface area contributed by atoms with Crippen LogP contribution in [0.4, 0.5) is 10.1 Å². The van der Waals surface area contributed by atoms with E-state index in [1.54, 1.807) is 0 Å². The molecule has 1 aromatic carbocycles. The molecule has 1 fully saturated rings. The van der Waals surface area contributed by atoms with E-state index >= 15 is 0 Å². The molecular weight excluding hydrogens is 347 g/mol. The van der Waals surface area contributed by atoms with Crippen molar-refractivity contribution in [3.05, 3.63) is 22.4 Å². The van der Waals surface area contributed by atoms with Gasteiger partial charge in [-0.1, -0.05) is 19.8 Å². The summed E-state index contributed by atoms with van der Waals surface area (Å²) in [4.78, 5) is -0.0833. The molecule has 7 heteroatoms. The highest BCUT2D eigenvalue weighted by Crippen LogP contribution is 2.34. The second-order valence-electron chi connectivity index (χ2n) is 5.21. The van der Waals surface area contributed by atoms with E-state index in [9.17, 15) is 12.8 Å². The predicted molar refractivity (Wildman–Crippen MR) is 80.3 cm³/mol. The highest BCUT2D eigenvalue weighted by atomic mass is 79.9. The molecule has 0 aromatic heterocycles. The first kappa shape index (κ1) is 15.7. The van der Waals surface area contributed by atoms with Gasteiger partial charge in [0.2, 0.25) is 10.0 Å². The van der Waals surface area contributed by atoms with Crippen LogP contribution >= 0.6 is 15.9 Å². The van der Waals surface area contributed by atoms with Crippen molar-refractivity contribution in [2.45, 2.75) is 43.5 Å². The molecule has 0 bridgehead atoms. The molecule has 0 heterocycles. The molecule has 0 radical (unpaired) electrons. The lowest BCUT2D eigenvalue weighted by molar-refractivity contribution is 0.495. The van der Waals surface area contributed by atoms with Crippen LogP contribution in [0.1, 0.15) is 32.6 Å². The van der Waals surface area contributed by atoms with Crippen molar-refractivity contribution in [3.63, 3.8) is 0 Å². The van der Waals surface area contributed by atoms with E-state index in [-0.39, 0.29) is 21.1 Å². The number of sulfonamides is 1. The Morgan fingerprint density at radius 3 is 2.70 bits per heavy atom. The zero-order valence-electron chi connectivity index (χ0n) is 11.2. The number of nitrogen functional groups attached to an aromatic ring is 1. The lowest BCUT2D eigenvalue weighted by Crippen LogP contribution is -2.35. The SMILES string of the molecule is CCC(CC1CC1)NS(=O)(=O)c1cc(Br)c(F)cc1N. The Kier molecular flexibility index (Phi) is 4.71. The Bertz CT molecular complexity index is 603. The van der Waals surface area contributed by atoms with Crippen LogP contribution in [-0.2, 0) is 10.0 Å². The van der Waals surface area contributed by atoms with Crippen molar-refractivity contribution < 1.29 is 12.8 Å². The molecule has 4 nitrogen and oxygen atoms in total. The Morgan fingerprint density at radius 2 is 2.15 bits per heavy atom. The van der Waals surface area contributed by atoms with Gasteiger partial charge in [-0.25, -0.2) is 17.5 Å². The van der Waals surface area contributed by atoms with E-state index < -0.39 is 15.8 Å². The van der Waals surface area contributed by atoms with Crippen LogP contribution < -0.4 is 10.5 Å². The van der Waals surface area contributed by atoms with Gasteiger partial charge in [0.15, 0.2) is 0 Å². The van der Waals surface area contributed by atoms with Crippen molar-refractivity contribution in [2.75, 3.05) is 5.73 Å². The summed E-state index contributed by atoms with van der Waals surface area (Å²) in [6, 6.07) is 2.12. The molecule has 0 saturated heterocycles. The second-order valence-corrected chi connectivity index (χ2v) is 7.75. The third-order valence-electron chi connectivity index (χ3n) is 3.47. The topological polar surface area (TPSA) is 72.2 Å². The number of nitrogens with one attached hydrogen (secondary N) is 1. The molecule has 3 N–H and O–H groups in total. The Labute approximate surface area is 127 Å². The molecular formula is C13H18BrFN2O2S. The summed E-state index contributed by atoms with van der Waals surface area (Å²) in [6.45, 7) is 1.94. The second kappa shape index (κ2) is 5.99. The zero-order chi connectivity index (χ0) is 14.9. The third-order valence-corrected chi connectivity index (χ3v) is 5.66. The summed E-state index contributed by atoms with van der Waals surface area (Å²) in [5, 5.41) is 0. The summed E-state index contributed by atoms with van der Waals surface area (Å²) < 4.78 is 40.8. The minimum atomic E-state index is -3.73. The average molecular weight is 365 g/mol. The maximum Gasteiger partial charge on any atom is 0.242 e. The Balaban J connectivity index is 2.22. The fraction of sp³-hybridized carbons (Fsp3) is 0.538. The summed E-state index contributed by atoms with van der Waals surface area (Å²) in [6.07, 6.45) is 3.90. The fourth-order valence-electron chi connectivity index (χ4n) is 2.11. The van der Waals surface area contributed by atoms with Gasteiger partial charge in [-0.2, -0.15) is 0 Å². The molecule has 0 amide bonds. The normalized spacial score (nSPS) is 17.1. The molecule has 1 aliphatic rings. The monoisotopic (exact) mass is 364 g/mol. The van der Waals surface area contributed by atoms with Crippen LogP contribution in [0.5, 0.6) is 0 Å². The van der Waals surface area contributed by atoms with Gasteiger partial charge in [-0.15, -0.1) is 0 Å². The lowest BCUT2D eigenvalue weighted by Gasteiger charge is -2.18. The molecule has 0 spiro atoms. The van der Waals surface area contributed by atoms with Crippen LogP contribution in [-0.4, -0.2) is 14.5 Å². The highest BCUT2D eigenvalue weighted by Gasteiger charge is 2.28. The Morgan fingerprint density at radius 1 is 1.50 bits per heavy atom. The molecule has 2 rings (SSSR count). The van der Waals surface area contributed by atoms with Crippen molar-refractivity contribution in [2.24, 2.45) is 5.92 Å². The average Bonchev–Trinajstić information content (AvgIpc) is 3.16. The van der Waals surface area contributed by atoms with Gasteiger partial charge >= 0.3 is 0 Å². The van der Waals surface area contributed by atoms with E-state index in [4.69, 9.17) is 5.73 Å². The maximum atomic E-state index is 13.3. The van der Waals surface area contributed by atoms with Crippen molar-refractivity contribution in [3.8, 4) is 0 Å². The largest absolute Gasteiger partial charge is 0.398 e. The van der Waals surface area contributed by atoms with Crippen LogP contribution in [0, 0.1) is 11.7 Å². The smallest absolute Gasteiger partial charge is 0.242 e. The van der Waals surface area contributed by atoms with Crippen LogP contribution in [0.15, 0.2) is 21.5 Å². The highest BCUT2D eigenvalue weighted by molar-refractivity contribution is 9.10. The number of hydrogen-bond acceptors (Lipinski definition) is 3. The van der Waals surface area contributed by atoms with Gasteiger partial charge in [-0.05, 0) is 46.8 Å². The van der Waals surface area contributed by atoms with Crippen LogP contribution in [0.25, 0.3) is 0 Å². The van der Waals surface area contributed by atoms with Crippen molar-refractivity contribution in [1.29, 1.82) is 0 Å². The molecule has 1 saturated carbocycles. The maximum absolute atomic E-state index is 13.3. The number of halogens is 2. The number of benzene rings is 1. The van der Waals surface area contributed by atoms with E-state index in [0.717, 1.165) is 18.9 Å². The van der Waals surface area contributed by atoms with Gasteiger partial charge < -0.3 is 5.73 Å². The first-order chi connectivity index (χ1) is 9.33. The minimum Gasteiger partial charge on any atom is -0.398 e. The van der Waals surface area contributed by atoms with E-state index in [2.05, 4.69) is 20.7 Å². The van der Waals surface area contributed by atoms with Crippen LogP contribution in [0.2, 0.25) is 0 Å². The van der Waals surface area contributed by atoms with Crippen LogP contribution in [0.3, 0.4) is 0 Å². The lowest BCUT2D eigenvalue weighted by atomic mass is 10.1. The summed E-state index contributed by atoms with van der Waals surface area (Å²) in [5.74, 6) is 0.0476. The molecule has 1 aromatic rings. The van der Waals surface area contributed by atoms with Gasteiger partial charge in [0.05, 0.1) is 10.2 Å². The number of hydrogen-bond donors (Lipinski definition) is 2. The molecule has 1 unspecified atom stereocenters. The quantitative estimate of drug-likeness (QED) is 0.762. The van der Waals surface area contributed by atoms with Gasteiger partial charge in [-0.3, -0.25) is 0 Å². The molecule has 1 atom stereocenters. The van der Waals surface area contributed by atoms with Crippen molar-refractivity contribution >= 4 is 31.6 Å². The molecule has 1 aliphatic carbocycles.